The molecule has 12 nitrogen and oxygen atoms in total. The first kappa shape index (κ1) is 22.3. The largest absolute Gasteiger partial charge is 0.481 e. The molecule has 1 aliphatic heterocycles. The highest BCUT2D eigenvalue weighted by Crippen LogP contribution is 2.17. The molecule has 1 heterocycles. The SMILES string of the molecule is CC(O)C(N)C(=O)NC(CC(=O)O)C(=O)NCC(=O)N1CCCC1C(=O)O. The molecule has 7 N–H and O–H groups in total. The van der Waals surface area contributed by atoms with E-state index < -0.39 is 66.9 Å². The van der Waals surface area contributed by atoms with Crippen LogP contribution in [0.5, 0.6) is 0 Å². The fourth-order valence-electron chi connectivity index (χ4n) is 2.58. The fraction of sp³-hybridized carbons (Fsp3) is 0.667. The molecule has 0 aromatic rings. The van der Waals surface area contributed by atoms with Crippen molar-refractivity contribution in [1.82, 2.24) is 15.5 Å². The maximum Gasteiger partial charge on any atom is 0.326 e. The molecule has 0 radical (unpaired) electrons. The number of nitrogens with zero attached hydrogens (tertiary/aromatic N) is 1. The third kappa shape index (κ3) is 6.49. The summed E-state index contributed by atoms with van der Waals surface area (Å²) in [6.07, 6.45) is -1.15. The van der Waals surface area contributed by atoms with Crippen molar-refractivity contribution >= 4 is 29.7 Å². The first-order valence-electron chi connectivity index (χ1n) is 8.30. The van der Waals surface area contributed by atoms with Gasteiger partial charge in [0.1, 0.15) is 18.1 Å². The Bertz CT molecular complexity index is 609. The maximum absolute atomic E-state index is 12.2. The topological polar surface area (TPSA) is 199 Å². The Balaban J connectivity index is 2.68. The van der Waals surface area contributed by atoms with Crippen LogP contribution in [0.15, 0.2) is 0 Å². The molecule has 1 fully saturated rings. The summed E-state index contributed by atoms with van der Waals surface area (Å²) in [5.74, 6) is -5.02. The van der Waals surface area contributed by atoms with E-state index in [-0.39, 0.29) is 6.54 Å². The highest BCUT2D eigenvalue weighted by atomic mass is 16.4. The van der Waals surface area contributed by atoms with Crippen molar-refractivity contribution in [1.29, 1.82) is 0 Å². The number of aliphatic hydroxyl groups excluding tert-OH is 1. The number of amides is 3. The molecule has 3 amide bonds. The number of carboxylic acid groups (broad SMARTS) is 2. The van der Waals surface area contributed by atoms with Crippen LogP contribution in [0.3, 0.4) is 0 Å². The summed E-state index contributed by atoms with van der Waals surface area (Å²) >= 11 is 0. The quantitative estimate of drug-likeness (QED) is 0.236. The normalized spacial score (nSPS) is 19.7. The fourth-order valence-corrected chi connectivity index (χ4v) is 2.58. The summed E-state index contributed by atoms with van der Waals surface area (Å²) in [5, 5.41) is 31.6. The van der Waals surface area contributed by atoms with Crippen LogP contribution in [-0.4, -0.2) is 87.2 Å². The van der Waals surface area contributed by atoms with Crippen molar-refractivity contribution in [3.05, 3.63) is 0 Å². The summed E-state index contributed by atoms with van der Waals surface area (Å²) in [6.45, 7) is 0.950. The lowest BCUT2D eigenvalue weighted by Gasteiger charge is -2.23. The van der Waals surface area contributed by atoms with Crippen molar-refractivity contribution in [3.8, 4) is 0 Å². The van der Waals surface area contributed by atoms with Gasteiger partial charge in [-0.25, -0.2) is 4.79 Å². The van der Waals surface area contributed by atoms with Gasteiger partial charge in [0.25, 0.3) is 0 Å². The molecule has 0 aromatic carbocycles. The summed E-state index contributed by atoms with van der Waals surface area (Å²) in [4.78, 5) is 59.3. The molecule has 0 saturated carbocycles. The number of nitrogens with two attached hydrogens (primary N) is 1. The Morgan fingerprint density at radius 2 is 1.81 bits per heavy atom. The molecule has 27 heavy (non-hydrogen) atoms. The molecule has 4 atom stereocenters. The van der Waals surface area contributed by atoms with E-state index in [0.29, 0.717) is 12.8 Å². The first-order chi connectivity index (χ1) is 12.5. The third-order valence-electron chi connectivity index (χ3n) is 4.11. The minimum Gasteiger partial charge on any atom is -0.481 e. The number of carbonyl (C=O) groups is 5. The zero-order valence-electron chi connectivity index (χ0n) is 14.8. The van der Waals surface area contributed by atoms with Crippen LogP contribution in [0, 0.1) is 0 Å². The van der Waals surface area contributed by atoms with Gasteiger partial charge in [0.05, 0.1) is 19.1 Å². The molecular weight excluding hydrogens is 364 g/mol. The molecule has 0 aromatic heterocycles. The van der Waals surface area contributed by atoms with Gasteiger partial charge in [-0.3, -0.25) is 19.2 Å². The zero-order chi connectivity index (χ0) is 20.7. The van der Waals surface area contributed by atoms with Crippen LogP contribution in [0.4, 0.5) is 0 Å². The molecular formula is C15H24N4O8. The molecule has 1 aliphatic rings. The number of likely N-dealkylation sites (tertiary alicyclic amines) is 1. The molecule has 0 bridgehead atoms. The van der Waals surface area contributed by atoms with E-state index in [9.17, 15) is 29.1 Å². The second kappa shape index (κ2) is 9.83. The number of aliphatic hydroxyl groups is 1. The predicted molar refractivity (Wildman–Crippen MR) is 89.2 cm³/mol. The van der Waals surface area contributed by atoms with Gasteiger partial charge >= 0.3 is 11.9 Å². The molecule has 0 spiro atoms. The van der Waals surface area contributed by atoms with Crippen molar-refractivity contribution in [2.75, 3.05) is 13.1 Å². The number of rotatable bonds is 9. The van der Waals surface area contributed by atoms with Crippen molar-refractivity contribution in [2.24, 2.45) is 5.73 Å². The van der Waals surface area contributed by atoms with E-state index in [4.69, 9.17) is 15.9 Å². The molecule has 152 valence electrons. The predicted octanol–water partition coefficient (Wildman–Crippen LogP) is -3.15. The van der Waals surface area contributed by atoms with Gasteiger partial charge in [-0.1, -0.05) is 0 Å². The molecule has 1 rings (SSSR count). The zero-order valence-corrected chi connectivity index (χ0v) is 14.8. The number of hydrogen-bond donors (Lipinski definition) is 6. The van der Waals surface area contributed by atoms with E-state index in [1.54, 1.807) is 0 Å². The van der Waals surface area contributed by atoms with Crippen LogP contribution in [0.2, 0.25) is 0 Å². The van der Waals surface area contributed by atoms with Crippen LogP contribution in [0.25, 0.3) is 0 Å². The summed E-state index contributed by atoms with van der Waals surface area (Å²) in [7, 11) is 0. The minimum atomic E-state index is -1.51. The summed E-state index contributed by atoms with van der Waals surface area (Å²) in [6, 6.07) is -3.84. The van der Waals surface area contributed by atoms with E-state index in [1.165, 1.54) is 6.92 Å². The first-order valence-corrected chi connectivity index (χ1v) is 8.30. The molecule has 1 saturated heterocycles. The molecule has 12 heteroatoms. The van der Waals surface area contributed by atoms with Gasteiger partial charge in [-0.15, -0.1) is 0 Å². The highest BCUT2D eigenvalue weighted by Gasteiger charge is 2.34. The van der Waals surface area contributed by atoms with Gasteiger partial charge in [-0.2, -0.15) is 0 Å². The second-order valence-corrected chi connectivity index (χ2v) is 6.23. The van der Waals surface area contributed by atoms with Gasteiger partial charge in [0, 0.05) is 6.54 Å². The number of carbonyl (C=O) groups excluding carboxylic acids is 3. The lowest BCUT2D eigenvalue weighted by molar-refractivity contribution is -0.148. The number of nitrogens with one attached hydrogen (secondary N) is 2. The van der Waals surface area contributed by atoms with Crippen LogP contribution >= 0.6 is 0 Å². The van der Waals surface area contributed by atoms with Crippen LogP contribution in [0.1, 0.15) is 26.2 Å². The van der Waals surface area contributed by atoms with E-state index >= 15 is 0 Å². The van der Waals surface area contributed by atoms with E-state index in [0.717, 1.165) is 4.90 Å². The van der Waals surface area contributed by atoms with Crippen LogP contribution in [-0.2, 0) is 24.0 Å². The average Bonchev–Trinajstić information content (AvgIpc) is 3.07. The van der Waals surface area contributed by atoms with Gasteiger partial charge in [0.15, 0.2) is 0 Å². The lowest BCUT2D eigenvalue weighted by atomic mass is 10.1. The highest BCUT2D eigenvalue weighted by molar-refractivity contribution is 5.94. The lowest BCUT2D eigenvalue weighted by Crippen LogP contribution is -2.56. The van der Waals surface area contributed by atoms with Gasteiger partial charge in [0.2, 0.25) is 17.7 Å². The van der Waals surface area contributed by atoms with Crippen molar-refractivity contribution < 1.29 is 39.3 Å². The Morgan fingerprint density at radius 1 is 1.19 bits per heavy atom. The van der Waals surface area contributed by atoms with Gasteiger partial charge in [-0.05, 0) is 19.8 Å². The average molecular weight is 388 g/mol. The smallest absolute Gasteiger partial charge is 0.326 e. The summed E-state index contributed by atoms with van der Waals surface area (Å²) in [5.41, 5.74) is 5.43. The Morgan fingerprint density at radius 3 is 2.33 bits per heavy atom. The number of carboxylic acids is 2. The van der Waals surface area contributed by atoms with E-state index in [2.05, 4.69) is 10.6 Å². The summed E-state index contributed by atoms with van der Waals surface area (Å²) < 4.78 is 0. The van der Waals surface area contributed by atoms with Gasteiger partial charge < -0.3 is 36.6 Å². The van der Waals surface area contributed by atoms with Crippen molar-refractivity contribution in [3.63, 3.8) is 0 Å². The Labute approximate surface area is 154 Å². The monoisotopic (exact) mass is 388 g/mol. The van der Waals surface area contributed by atoms with E-state index in [1.807, 2.05) is 0 Å². The van der Waals surface area contributed by atoms with Crippen LogP contribution < -0.4 is 16.4 Å². The molecule has 0 aliphatic carbocycles. The Hall–Kier alpha value is -2.73. The number of aliphatic carboxylic acids is 2. The standard InChI is InChI=1S/C15H24N4O8/c1-7(20)12(16)14(25)18-8(5-11(22)23)13(24)17-6-10(21)19-4-2-3-9(19)15(26)27/h7-9,12,20H,2-6,16H2,1H3,(H,17,24)(H,18,25)(H,22,23)(H,26,27). The second-order valence-electron chi connectivity index (χ2n) is 6.23. The number of hydrogen-bond acceptors (Lipinski definition) is 7. The molecule has 4 unspecified atom stereocenters. The van der Waals surface area contributed by atoms with Crippen molar-refractivity contribution in [2.45, 2.75) is 50.4 Å². The minimum absolute atomic E-state index is 0.240. The third-order valence-corrected chi connectivity index (χ3v) is 4.11. The maximum atomic E-state index is 12.2. The Kier molecular flexibility index (Phi) is 8.12.